The van der Waals surface area contributed by atoms with Crippen LogP contribution in [0.15, 0.2) is 28.8 Å². The molecular weight excluding hydrogens is 280 g/mol. The summed E-state index contributed by atoms with van der Waals surface area (Å²) >= 11 is 0. The van der Waals surface area contributed by atoms with Crippen LogP contribution in [0.2, 0.25) is 0 Å². The van der Waals surface area contributed by atoms with E-state index < -0.39 is 0 Å². The molecule has 2 heterocycles. The largest absolute Gasteiger partial charge is 0.345 e. The zero-order valence-electron chi connectivity index (χ0n) is 13.1. The Balaban J connectivity index is 1.59. The van der Waals surface area contributed by atoms with Crippen molar-refractivity contribution in [3.63, 3.8) is 0 Å². The molecule has 2 aromatic rings. The van der Waals surface area contributed by atoms with E-state index in [1.807, 2.05) is 25.1 Å². The van der Waals surface area contributed by atoms with Gasteiger partial charge in [-0.05, 0) is 24.6 Å². The van der Waals surface area contributed by atoms with Gasteiger partial charge in [0.1, 0.15) is 0 Å². The van der Waals surface area contributed by atoms with E-state index in [2.05, 4.69) is 21.1 Å². The third-order valence-corrected chi connectivity index (χ3v) is 3.84. The highest BCUT2D eigenvalue weighted by Crippen LogP contribution is 2.27. The maximum absolute atomic E-state index is 12.0. The van der Waals surface area contributed by atoms with Crippen molar-refractivity contribution in [2.24, 2.45) is 0 Å². The predicted molar refractivity (Wildman–Crippen MR) is 81.5 cm³/mol. The summed E-state index contributed by atoms with van der Waals surface area (Å²) < 4.78 is 5.21. The van der Waals surface area contributed by atoms with Gasteiger partial charge >= 0.3 is 0 Å². The molecule has 0 N–H and O–H groups in total. The molecule has 6 nitrogen and oxygen atoms in total. The maximum Gasteiger partial charge on any atom is 0.253 e. The minimum absolute atomic E-state index is 0.0321. The third kappa shape index (κ3) is 3.01. The molecule has 1 saturated heterocycles. The van der Waals surface area contributed by atoms with Crippen LogP contribution in [0.1, 0.15) is 33.6 Å². The van der Waals surface area contributed by atoms with Crippen LogP contribution in [-0.4, -0.2) is 53.0 Å². The zero-order chi connectivity index (χ0) is 15.7. The van der Waals surface area contributed by atoms with Gasteiger partial charge in [-0.15, -0.1) is 0 Å². The van der Waals surface area contributed by atoms with Crippen LogP contribution in [0.3, 0.4) is 0 Å². The second-order valence-electron chi connectivity index (χ2n) is 5.97. The molecule has 1 amide bonds. The first-order valence-corrected chi connectivity index (χ1v) is 7.36. The van der Waals surface area contributed by atoms with E-state index in [0.29, 0.717) is 11.7 Å². The topological polar surface area (TPSA) is 62.5 Å². The van der Waals surface area contributed by atoms with E-state index in [1.165, 1.54) is 0 Å². The number of hydrogen-bond donors (Lipinski definition) is 0. The lowest BCUT2D eigenvalue weighted by molar-refractivity contribution is 0.0827. The molecule has 1 fully saturated rings. The summed E-state index contributed by atoms with van der Waals surface area (Å²) in [6, 6.07) is 7.81. The quantitative estimate of drug-likeness (QED) is 0.859. The number of amides is 1. The van der Waals surface area contributed by atoms with Crippen LogP contribution in [0.25, 0.3) is 0 Å². The second-order valence-corrected chi connectivity index (χ2v) is 5.97. The molecule has 1 aromatic carbocycles. The van der Waals surface area contributed by atoms with Crippen molar-refractivity contribution in [3.8, 4) is 0 Å². The fourth-order valence-electron chi connectivity index (χ4n) is 2.65. The molecule has 0 atom stereocenters. The molecule has 1 aliphatic heterocycles. The SMILES string of the molecule is Cc1noc(C2CN(Cc3cccc(C(=O)N(C)C)c3)C2)n1. The van der Waals surface area contributed by atoms with E-state index in [9.17, 15) is 4.79 Å². The zero-order valence-corrected chi connectivity index (χ0v) is 13.1. The van der Waals surface area contributed by atoms with E-state index in [1.54, 1.807) is 19.0 Å². The Bertz CT molecular complexity index is 674. The Morgan fingerprint density at radius 2 is 2.18 bits per heavy atom. The van der Waals surface area contributed by atoms with Crippen molar-refractivity contribution < 1.29 is 9.32 Å². The number of carbonyl (C=O) groups excluding carboxylic acids is 1. The van der Waals surface area contributed by atoms with Gasteiger partial charge in [-0.25, -0.2) is 0 Å². The highest BCUT2D eigenvalue weighted by atomic mass is 16.5. The van der Waals surface area contributed by atoms with Crippen LogP contribution in [-0.2, 0) is 6.54 Å². The molecule has 0 unspecified atom stereocenters. The number of likely N-dealkylation sites (tertiary alicyclic amines) is 1. The Morgan fingerprint density at radius 1 is 1.41 bits per heavy atom. The van der Waals surface area contributed by atoms with Gasteiger partial charge in [0.15, 0.2) is 5.82 Å². The molecule has 22 heavy (non-hydrogen) atoms. The summed E-state index contributed by atoms with van der Waals surface area (Å²) in [4.78, 5) is 20.2. The van der Waals surface area contributed by atoms with Gasteiger partial charge in [-0.2, -0.15) is 4.98 Å². The van der Waals surface area contributed by atoms with Crippen LogP contribution in [0, 0.1) is 6.92 Å². The number of rotatable bonds is 4. The van der Waals surface area contributed by atoms with E-state index in [-0.39, 0.29) is 5.91 Å². The first-order chi connectivity index (χ1) is 10.5. The van der Waals surface area contributed by atoms with Gasteiger partial charge in [0.05, 0.1) is 5.92 Å². The normalized spacial score (nSPS) is 15.6. The Labute approximate surface area is 129 Å². The molecule has 1 aliphatic rings. The molecule has 0 radical (unpaired) electrons. The highest BCUT2D eigenvalue weighted by Gasteiger charge is 2.32. The standard InChI is InChI=1S/C16H20N4O2/c1-11-17-15(22-18-11)14-9-20(10-14)8-12-5-4-6-13(7-12)16(21)19(2)3/h4-7,14H,8-10H2,1-3H3. The van der Waals surface area contributed by atoms with Gasteiger partial charge in [-0.3, -0.25) is 9.69 Å². The first kappa shape index (κ1) is 14.7. The number of aryl methyl sites for hydroxylation is 1. The second kappa shape index (κ2) is 5.88. The number of benzene rings is 1. The molecule has 6 heteroatoms. The van der Waals surface area contributed by atoms with Gasteiger partial charge in [0, 0.05) is 39.3 Å². The summed E-state index contributed by atoms with van der Waals surface area (Å²) in [7, 11) is 3.53. The molecular formula is C16H20N4O2. The maximum atomic E-state index is 12.0. The van der Waals surface area contributed by atoms with Crippen molar-refractivity contribution in [3.05, 3.63) is 47.1 Å². The van der Waals surface area contributed by atoms with Gasteiger partial charge in [-0.1, -0.05) is 17.3 Å². The Morgan fingerprint density at radius 3 is 2.82 bits per heavy atom. The molecule has 1 aromatic heterocycles. The Hall–Kier alpha value is -2.21. The molecule has 0 spiro atoms. The third-order valence-electron chi connectivity index (χ3n) is 3.84. The summed E-state index contributed by atoms with van der Waals surface area (Å²) in [6.45, 7) is 4.48. The van der Waals surface area contributed by atoms with Crippen molar-refractivity contribution in [1.82, 2.24) is 19.9 Å². The summed E-state index contributed by atoms with van der Waals surface area (Å²) in [5.41, 5.74) is 1.87. The lowest BCUT2D eigenvalue weighted by Crippen LogP contribution is -2.44. The fourth-order valence-corrected chi connectivity index (χ4v) is 2.65. The van der Waals surface area contributed by atoms with Crippen molar-refractivity contribution in [2.45, 2.75) is 19.4 Å². The molecule has 0 bridgehead atoms. The van der Waals surface area contributed by atoms with E-state index in [4.69, 9.17) is 4.52 Å². The average molecular weight is 300 g/mol. The minimum atomic E-state index is 0.0321. The van der Waals surface area contributed by atoms with Gasteiger partial charge < -0.3 is 9.42 Å². The van der Waals surface area contributed by atoms with Crippen LogP contribution in [0.5, 0.6) is 0 Å². The van der Waals surface area contributed by atoms with Crippen LogP contribution in [0.4, 0.5) is 0 Å². The number of carbonyl (C=O) groups is 1. The highest BCUT2D eigenvalue weighted by molar-refractivity contribution is 5.94. The monoisotopic (exact) mass is 300 g/mol. The number of aromatic nitrogens is 2. The Kier molecular flexibility index (Phi) is 3.94. The molecule has 116 valence electrons. The van der Waals surface area contributed by atoms with E-state index >= 15 is 0 Å². The van der Waals surface area contributed by atoms with Crippen LogP contribution >= 0.6 is 0 Å². The van der Waals surface area contributed by atoms with Crippen LogP contribution < -0.4 is 0 Å². The van der Waals surface area contributed by atoms with Gasteiger partial charge in [0.2, 0.25) is 5.89 Å². The average Bonchev–Trinajstić information content (AvgIpc) is 2.88. The smallest absolute Gasteiger partial charge is 0.253 e. The fraction of sp³-hybridized carbons (Fsp3) is 0.438. The summed E-state index contributed by atoms with van der Waals surface area (Å²) in [5, 5.41) is 3.83. The molecule has 3 rings (SSSR count). The van der Waals surface area contributed by atoms with Crippen molar-refractivity contribution >= 4 is 5.91 Å². The minimum Gasteiger partial charge on any atom is -0.345 e. The predicted octanol–water partition coefficient (Wildman–Crippen LogP) is 1.68. The van der Waals surface area contributed by atoms with Gasteiger partial charge in [0.25, 0.3) is 5.91 Å². The number of nitrogens with zero attached hydrogens (tertiary/aromatic N) is 4. The van der Waals surface area contributed by atoms with Crippen molar-refractivity contribution in [2.75, 3.05) is 27.2 Å². The molecule has 0 aliphatic carbocycles. The van der Waals surface area contributed by atoms with E-state index in [0.717, 1.165) is 36.7 Å². The first-order valence-electron chi connectivity index (χ1n) is 7.36. The summed E-state index contributed by atoms with van der Waals surface area (Å²) in [6.07, 6.45) is 0. The lowest BCUT2D eigenvalue weighted by Gasteiger charge is -2.37. The lowest BCUT2D eigenvalue weighted by atomic mass is 9.99. The molecule has 0 saturated carbocycles. The number of hydrogen-bond acceptors (Lipinski definition) is 5. The summed E-state index contributed by atoms with van der Waals surface area (Å²) in [5.74, 6) is 1.77. The van der Waals surface area contributed by atoms with Crippen molar-refractivity contribution in [1.29, 1.82) is 0 Å².